The van der Waals surface area contributed by atoms with E-state index in [-0.39, 0.29) is 18.2 Å². The van der Waals surface area contributed by atoms with E-state index in [2.05, 4.69) is 5.32 Å². The predicted octanol–water partition coefficient (Wildman–Crippen LogP) is 0.379. The van der Waals surface area contributed by atoms with Gasteiger partial charge in [-0.2, -0.15) is 0 Å². The van der Waals surface area contributed by atoms with Crippen LogP contribution in [0.2, 0.25) is 0 Å². The average molecular weight is 317 g/mol. The molecule has 0 aromatic carbocycles. The van der Waals surface area contributed by atoms with Gasteiger partial charge >= 0.3 is 6.03 Å². The number of sulfonamides is 1. The molecule has 0 bridgehead atoms. The van der Waals surface area contributed by atoms with Crippen LogP contribution >= 0.6 is 0 Å². The zero-order valence-corrected chi connectivity index (χ0v) is 13.6. The first-order valence-corrected chi connectivity index (χ1v) is 8.86. The summed E-state index contributed by atoms with van der Waals surface area (Å²) < 4.78 is 26.1. The van der Waals surface area contributed by atoms with Gasteiger partial charge in [-0.25, -0.2) is 17.5 Å². The summed E-state index contributed by atoms with van der Waals surface area (Å²) in [6.07, 6.45) is 1.89. The molecule has 120 valence electrons. The van der Waals surface area contributed by atoms with Crippen molar-refractivity contribution in [2.45, 2.75) is 39.2 Å². The molecule has 0 aromatic rings. The number of rotatable bonds is 4. The minimum Gasteiger partial charge on any atom is -0.324 e. The van der Waals surface area contributed by atoms with Crippen LogP contribution in [0.5, 0.6) is 0 Å². The lowest BCUT2D eigenvalue weighted by molar-refractivity contribution is -0.130. The van der Waals surface area contributed by atoms with Crippen molar-refractivity contribution in [2.75, 3.05) is 25.4 Å². The van der Waals surface area contributed by atoms with E-state index in [1.54, 1.807) is 13.8 Å². The fraction of sp³-hybridized carbons (Fsp3) is 0.846. The van der Waals surface area contributed by atoms with Crippen molar-refractivity contribution in [1.29, 1.82) is 0 Å². The number of carbonyl (C=O) groups excluding carboxylic acids is 2. The summed E-state index contributed by atoms with van der Waals surface area (Å²) in [5.74, 6) is -0.242. The monoisotopic (exact) mass is 317 g/mol. The normalized spacial score (nSPS) is 27.0. The minimum atomic E-state index is -3.43. The number of carbonyl (C=O) groups is 2. The highest BCUT2D eigenvalue weighted by Gasteiger charge is 2.44. The highest BCUT2D eigenvalue weighted by atomic mass is 32.2. The summed E-state index contributed by atoms with van der Waals surface area (Å²) in [5.41, 5.74) is -0.958. The van der Waals surface area contributed by atoms with Crippen molar-refractivity contribution in [3.05, 3.63) is 0 Å². The van der Waals surface area contributed by atoms with Crippen LogP contribution in [-0.2, 0) is 14.8 Å². The molecule has 0 aliphatic carbocycles. The molecule has 0 radical (unpaired) electrons. The molecule has 8 heteroatoms. The summed E-state index contributed by atoms with van der Waals surface area (Å²) in [7, 11) is -3.43. The van der Waals surface area contributed by atoms with Gasteiger partial charge in [0.05, 0.1) is 5.75 Å². The first-order valence-electron chi connectivity index (χ1n) is 7.25. The summed E-state index contributed by atoms with van der Waals surface area (Å²) in [4.78, 5) is 24.7. The van der Waals surface area contributed by atoms with Crippen LogP contribution in [0.15, 0.2) is 0 Å². The maximum Gasteiger partial charge on any atom is 0.325 e. The second kappa shape index (κ2) is 5.57. The number of nitrogens with zero attached hydrogens (tertiary/aromatic N) is 2. The van der Waals surface area contributed by atoms with Crippen LogP contribution in [0.3, 0.4) is 0 Å². The number of piperidine rings is 1. The fourth-order valence-electron chi connectivity index (χ4n) is 2.76. The van der Waals surface area contributed by atoms with Gasteiger partial charge in [-0.3, -0.25) is 9.69 Å². The molecule has 2 saturated heterocycles. The Morgan fingerprint density at radius 3 is 2.52 bits per heavy atom. The van der Waals surface area contributed by atoms with Gasteiger partial charge in [0, 0.05) is 19.6 Å². The molecule has 21 heavy (non-hydrogen) atoms. The molecule has 0 spiro atoms. The van der Waals surface area contributed by atoms with Crippen LogP contribution in [0.1, 0.15) is 33.6 Å². The quantitative estimate of drug-likeness (QED) is 0.759. The summed E-state index contributed by atoms with van der Waals surface area (Å²) in [6.45, 7) is 6.19. The lowest BCUT2D eigenvalue weighted by Crippen LogP contribution is -2.44. The van der Waals surface area contributed by atoms with Gasteiger partial charge in [0.15, 0.2) is 0 Å². The van der Waals surface area contributed by atoms with Crippen molar-refractivity contribution in [3.63, 3.8) is 0 Å². The van der Waals surface area contributed by atoms with E-state index < -0.39 is 21.6 Å². The fourth-order valence-corrected chi connectivity index (χ4v) is 4.32. The SMILES string of the molecule is C[C@@H]1CCCN(S(=O)(=O)CCN2C(=O)NC(C)(C)C2=O)C1. The van der Waals surface area contributed by atoms with E-state index >= 15 is 0 Å². The zero-order valence-electron chi connectivity index (χ0n) is 12.8. The lowest BCUT2D eigenvalue weighted by atomic mass is 10.0. The molecule has 0 unspecified atom stereocenters. The van der Waals surface area contributed by atoms with Gasteiger partial charge in [-0.05, 0) is 32.6 Å². The Balaban J connectivity index is 1.99. The van der Waals surface area contributed by atoms with Crippen LogP contribution in [0, 0.1) is 5.92 Å². The van der Waals surface area contributed by atoms with Gasteiger partial charge in [0.25, 0.3) is 5.91 Å². The number of urea groups is 1. The van der Waals surface area contributed by atoms with Crippen LogP contribution in [0.4, 0.5) is 4.79 Å². The van der Waals surface area contributed by atoms with Crippen molar-refractivity contribution in [2.24, 2.45) is 5.92 Å². The molecular formula is C13H23N3O4S. The van der Waals surface area contributed by atoms with E-state index in [0.29, 0.717) is 19.0 Å². The second-order valence-corrected chi connectivity index (χ2v) is 8.52. The minimum absolute atomic E-state index is 0.0959. The summed E-state index contributed by atoms with van der Waals surface area (Å²) in [5, 5.41) is 2.54. The van der Waals surface area contributed by atoms with Gasteiger partial charge in [-0.15, -0.1) is 0 Å². The standard InChI is InChI=1S/C13H23N3O4S/c1-10-5-4-6-15(9-10)21(19,20)8-7-16-11(17)13(2,3)14-12(16)18/h10H,4-9H2,1-3H3,(H,14,18)/t10-/m1/s1. The van der Waals surface area contributed by atoms with Crippen molar-refractivity contribution in [1.82, 2.24) is 14.5 Å². The maximum atomic E-state index is 12.3. The highest BCUT2D eigenvalue weighted by molar-refractivity contribution is 7.89. The van der Waals surface area contributed by atoms with E-state index in [1.807, 2.05) is 6.92 Å². The Kier molecular flexibility index (Phi) is 4.30. The molecule has 2 aliphatic rings. The van der Waals surface area contributed by atoms with E-state index in [0.717, 1.165) is 17.7 Å². The average Bonchev–Trinajstić information content (AvgIpc) is 2.56. The second-order valence-electron chi connectivity index (χ2n) is 6.43. The maximum absolute atomic E-state index is 12.3. The predicted molar refractivity (Wildman–Crippen MR) is 78.1 cm³/mol. The smallest absolute Gasteiger partial charge is 0.324 e. The van der Waals surface area contributed by atoms with E-state index in [1.165, 1.54) is 4.31 Å². The Bertz CT molecular complexity index is 544. The van der Waals surface area contributed by atoms with Crippen LogP contribution in [0.25, 0.3) is 0 Å². The first kappa shape index (κ1) is 16.2. The van der Waals surface area contributed by atoms with Crippen molar-refractivity contribution < 1.29 is 18.0 Å². The molecule has 1 atom stereocenters. The van der Waals surface area contributed by atoms with Gasteiger partial charge in [0.2, 0.25) is 10.0 Å². The number of imide groups is 1. The molecule has 0 aromatic heterocycles. The Labute approximate surface area is 125 Å². The van der Waals surface area contributed by atoms with Crippen LogP contribution in [-0.4, -0.2) is 60.5 Å². The molecular weight excluding hydrogens is 294 g/mol. The lowest BCUT2D eigenvalue weighted by Gasteiger charge is -2.30. The zero-order chi connectivity index (χ0) is 15.8. The molecule has 2 fully saturated rings. The van der Waals surface area contributed by atoms with Gasteiger partial charge in [-0.1, -0.05) is 6.92 Å². The van der Waals surface area contributed by atoms with Gasteiger partial charge in [0.1, 0.15) is 5.54 Å². The van der Waals surface area contributed by atoms with Crippen molar-refractivity contribution in [3.8, 4) is 0 Å². The summed E-state index contributed by atoms with van der Waals surface area (Å²) in [6, 6.07) is -0.521. The number of amides is 3. The molecule has 2 heterocycles. The molecule has 3 amide bonds. The van der Waals surface area contributed by atoms with Gasteiger partial charge < -0.3 is 5.32 Å². The third kappa shape index (κ3) is 3.37. The van der Waals surface area contributed by atoms with Crippen molar-refractivity contribution >= 4 is 22.0 Å². The topological polar surface area (TPSA) is 86.8 Å². The highest BCUT2D eigenvalue weighted by Crippen LogP contribution is 2.20. The Hall–Kier alpha value is -1.15. The van der Waals surface area contributed by atoms with E-state index in [9.17, 15) is 18.0 Å². The third-order valence-electron chi connectivity index (χ3n) is 4.03. The Morgan fingerprint density at radius 2 is 2.00 bits per heavy atom. The molecule has 2 aliphatic heterocycles. The molecule has 1 N–H and O–H groups in total. The Morgan fingerprint density at radius 1 is 1.33 bits per heavy atom. The molecule has 7 nitrogen and oxygen atoms in total. The van der Waals surface area contributed by atoms with Crippen LogP contribution < -0.4 is 5.32 Å². The summed E-state index contributed by atoms with van der Waals surface area (Å²) >= 11 is 0. The number of nitrogens with one attached hydrogen (secondary N) is 1. The number of hydrogen-bond donors (Lipinski definition) is 1. The molecule has 2 rings (SSSR count). The largest absolute Gasteiger partial charge is 0.325 e. The molecule has 0 saturated carbocycles. The van der Waals surface area contributed by atoms with E-state index in [4.69, 9.17) is 0 Å². The number of hydrogen-bond acceptors (Lipinski definition) is 4. The third-order valence-corrected chi connectivity index (χ3v) is 5.85. The first-order chi connectivity index (χ1) is 9.63.